The van der Waals surface area contributed by atoms with Crippen LogP contribution in [0.2, 0.25) is 0 Å². The van der Waals surface area contributed by atoms with Gasteiger partial charge in [-0.2, -0.15) is 5.21 Å². The van der Waals surface area contributed by atoms with Crippen molar-refractivity contribution in [2.24, 2.45) is 0 Å². The number of aromatic nitrogens is 4. The molecule has 2 aromatic rings. The van der Waals surface area contributed by atoms with Crippen LogP contribution in [0.3, 0.4) is 0 Å². The lowest BCUT2D eigenvalue weighted by atomic mass is 10.1. The van der Waals surface area contributed by atoms with Gasteiger partial charge < -0.3 is 10.0 Å². The van der Waals surface area contributed by atoms with Crippen molar-refractivity contribution in [3.63, 3.8) is 0 Å². The van der Waals surface area contributed by atoms with Crippen LogP contribution in [0, 0.1) is 0 Å². The van der Waals surface area contributed by atoms with Crippen LogP contribution < -0.4 is 0 Å². The molecule has 0 aliphatic carbocycles. The molecule has 0 saturated heterocycles. The van der Waals surface area contributed by atoms with Crippen molar-refractivity contribution in [1.29, 1.82) is 0 Å². The number of hydrogen-bond donors (Lipinski definition) is 2. The quantitative estimate of drug-likeness (QED) is 0.856. The molecule has 7 nitrogen and oxygen atoms in total. The highest BCUT2D eigenvalue weighted by Crippen LogP contribution is 2.16. The highest BCUT2D eigenvalue weighted by molar-refractivity contribution is 5.95. The second kappa shape index (κ2) is 5.38. The number of nitrogens with zero attached hydrogens (tertiary/aromatic N) is 4. The van der Waals surface area contributed by atoms with Gasteiger partial charge in [-0.05, 0) is 31.2 Å². The molecule has 2 N–H and O–H groups in total. The number of aromatic amines is 1. The topological polar surface area (TPSA) is 95.0 Å². The van der Waals surface area contributed by atoms with Gasteiger partial charge in [0.25, 0.3) is 5.91 Å². The predicted molar refractivity (Wildman–Crippen MR) is 72.9 cm³/mol. The van der Waals surface area contributed by atoms with Gasteiger partial charge in [-0.15, -0.1) is 10.2 Å². The molecule has 2 rings (SSSR count). The maximum Gasteiger partial charge on any atom is 0.253 e. The van der Waals surface area contributed by atoms with Crippen molar-refractivity contribution in [2.75, 3.05) is 13.6 Å². The minimum Gasteiger partial charge on any atom is -0.389 e. The van der Waals surface area contributed by atoms with E-state index in [1.165, 1.54) is 4.90 Å². The van der Waals surface area contributed by atoms with Crippen molar-refractivity contribution >= 4 is 5.91 Å². The van der Waals surface area contributed by atoms with E-state index in [-0.39, 0.29) is 12.5 Å². The van der Waals surface area contributed by atoms with Crippen LogP contribution >= 0.6 is 0 Å². The van der Waals surface area contributed by atoms with Crippen molar-refractivity contribution in [3.05, 3.63) is 29.8 Å². The van der Waals surface area contributed by atoms with Gasteiger partial charge in [0.2, 0.25) is 5.82 Å². The third-order valence-corrected chi connectivity index (χ3v) is 2.68. The average Bonchev–Trinajstić information content (AvgIpc) is 2.90. The minimum atomic E-state index is -0.935. The summed E-state index contributed by atoms with van der Waals surface area (Å²) >= 11 is 0. The molecule has 0 atom stereocenters. The van der Waals surface area contributed by atoms with E-state index in [0.717, 1.165) is 0 Å². The van der Waals surface area contributed by atoms with E-state index in [2.05, 4.69) is 20.6 Å². The second-order valence-corrected chi connectivity index (χ2v) is 5.29. The lowest BCUT2D eigenvalue weighted by Gasteiger charge is -2.25. The van der Waals surface area contributed by atoms with Crippen LogP contribution in [0.4, 0.5) is 0 Å². The van der Waals surface area contributed by atoms with E-state index >= 15 is 0 Å². The Bertz CT molecular complexity index is 589. The molecular formula is C13H17N5O2. The first-order valence-corrected chi connectivity index (χ1v) is 6.18. The molecule has 0 spiro atoms. The fourth-order valence-corrected chi connectivity index (χ4v) is 1.95. The third-order valence-electron chi connectivity index (χ3n) is 2.68. The Morgan fingerprint density at radius 2 is 2.20 bits per heavy atom. The van der Waals surface area contributed by atoms with Gasteiger partial charge >= 0.3 is 0 Å². The monoisotopic (exact) mass is 275 g/mol. The van der Waals surface area contributed by atoms with Gasteiger partial charge in [0, 0.05) is 24.7 Å². The van der Waals surface area contributed by atoms with Crippen LogP contribution in [-0.2, 0) is 0 Å². The number of amides is 1. The van der Waals surface area contributed by atoms with E-state index < -0.39 is 5.60 Å². The van der Waals surface area contributed by atoms with E-state index in [1.54, 1.807) is 45.2 Å². The molecule has 0 unspecified atom stereocenters. The standard InChI is InChI=1S/C13H17N5O2/c1-13(2,20)8-18(3)12(19)10-6-4-5-9(7-10)11-14-16-17-15-11/h4-7,20H,8H2,1-3H3,(H,14,15,16,17). The molecule has 0 radical (unpaired) electrons. The summed E-state index contributed by atoms with van der Waals surface area (Å²) in [5, 5.41) is 23.4. The Kier molecular flexibility index (Phi) is 3.80. The smallest absolute Gasteiger partial charge is 0.253 e. The van der Waals surface area contributed by atoms with Crippen LogP contribution in [0.1, 0.15) is 24.2 Å². The Morgan fingerprint density at radius 3 is 2.80 bits per heavy atom. The lowest BCUT2D eigenvalue weighted by Crippen LogP contribution is -2.39. The summed E-state index contributed by atoms with van der Waals surface area (Å²) in [6.07, 6.45) is 0. The Balaban J connectivity index is 2.21. The van der Waals surface area contributed by atoms with Gasteiger partial charge in [0.1, 0.15) is 0 Å². The van der Waals surface area contributed by atoms with Crippen LogP contribution in [0.25, 0.3) is 11.4 Å². The molecule has 0 aliphatic heterocycles. The summed E-state index contributed by atoms with van der Waals surface area (Å²) in [4.78, 5) is 13.8. The van der Waals surface area contributed by atoms with E-state index in [4.69, 9.17) is 0 Å². The van der Waals surface area contributed by atoms with Crippen molar-refractivity contribution in [1.82, 2.24) is 25.5 Å². The maximum absolute atomic E-state index is 12.3. The molecule has 20 heavy (non-hydrogen) atoms. The summed E-state index contributed by atoms with van der Waals surface area (Å²) in [5.74, 6) is 0.266. The molecule has 1 heterocycles. The highest BCUT2D eigenvalue weighted by atomic mass is 16.3. The molecule has 1 aromatic heterocycles. The number of tetrazole rings is 1. The first kappa shape index (κ1) is 14.1. The molecule has 0 saturated carbocycles. The first-order chi connectivity index (χ1) is 9.37. The highest BCUT2D eigenvalue weighted by Gasteiger charge is 2.20. The molecule has 106 valence electrons. The normalized spacial score (nSPS) is 11.4. The van der Waals surface area contributed by atoms with Gasteiger partial charge in [0.05, 0.1) is 5.60 Å². The minimum absolute atomic E-state index is 0.169. The van der Waals surface area contributed by atoms with E-state index in [0.29, 0.717) is 17.0 Å². The molecule has 0 aliphatic rings. The van der Waals surface area contributed by atoms with Crippen molar-refractivity contribution in [3.8, 4) is 11.4 Å². The summed E-state index contributed by atoms with van der Waals surface area (Å²) in [6, 6.07) is 6.98. The Morgan fingerprint density at radius 1 is 1.45 bits per heavy atom. The number of carbonyl (C=O) groups excluding carboxylic acids is 1. The summed E-state index contributed by atoms with van der Waals surface area (Å²) in [7, 11) is 1.65. The lowest BCUT2D eigenvalue weighted by molar-refractivity contribution is 0.0368. The summed E-state index contributed by atoms with van der Waals surface area (Å²) in [6.45, 7) is 3.57. The number of aliphatic hydroxyl groups is 1. The number of hydrogen-bond acceptors (Lipinski definition) is 5. The molecule has 0 fully saturated rings. The zero-order valence-corrected chi connectivity index (χ0v) is 11.7. The number of nitrogens with one attached hydrogen (secondary N) is 1. The number of carbonyl (C=O) groups is 1. The molecule has 1 aromatic carbocycles. The van der Waals surface area contributed by atoms with Gasteiger partial charge in [-0.25, -0.2) is 0 Å². The van der Waals surface area contributed by atoms with Gasteiger partial charge in [-0.3, -0.25) is 4.79 Å². The van der Waals surface area contributed by atoms with Crippen molar-refractivity contribution in [2.45, 2.75) is 19.4 Å². The number of rotatable bonds is 4. The van der Waals surface area contributed by atoms with Gasteiger partial charge in [0.15, 0.2) is 0 Å². The average molecular weight is 275 g/mol. The number of H-pyrrole nitrogens is 1. The fraction of sp³-hybridized carbons (Fsp3) is 0.385. The van der Waals surface area contributed by atoms with Crippen LogP contribution in [-0.4, -0.2) is 55.7 Å². The first-order valence-electron chi connectivity index (χ1n) is 6.18. The fourth-order valence-electron chi connectivity index (χ4n) is 1.95. The predicted octanol–water partition coefficient (Wildman–Crippen LogP) is 0.710. The zero-order chi connectivity index (χ0) is 14.8. The van der Waals surface area contributed by atoms with E-state index in [9.17, 15) is 9.90 Å². The molecule has 7 heteroatoms. The molecule has 1 amide bonds. The number of benzene rings is 1. The Labute approximate surface area is 116 Å². The second-order valence-electron chi connectivity index (χ2n) is 5.29. The largest absolute Gasteiger partial charge is 0.389 e. The third kappa shape index (κ3) is 3.39. The van der Waals surface area contributed by atoms with Crippen LogP contribution in [0.15, 0.2) is 24.3 Å². The Hall–Kier alpha value is -2.28. The maximum atomic E-state index is 12.3. The van der Waals surface area contributed by atoms with Crippen molar-refractivity contribution < 1.29 is 9.90 Å². The summed E-state index contributed by atoms with van der Waals surface area (Å²) in [5.41, 5.74) is 0.288. The SMILES string of the molecule is CN(CC(C)(C)O)C(=O)c1cccc(-c2nn[nH]n2)c1. The van der Waals surface area contributed by atoms with E-state index in [1.807, 2.05) is 0 Å². The molecular weight excluding hydrogens is 258 g/mol. The molecule has 0 bridgehead atoms. The zero-order valence-electron chi connectivity index (χ0n) is 11.7. The van der Waals surface area contributed by atoms with Crippen LogP contribution in [0.5, 0.6) is 0 Å². The summed E-state index contributed by atoms with van der Waals surface area (Å²) < 4.78 is 0. The van der Waals surface area contributed by atoms with Gasteiger partial charge in [-0.1, -0.05) is 12.1 Å². The number of likely N-dealkylation sites (N-methyl/N-ethyl adjacent to an activating group) is 1.